The molecule has 2 rings (SSSR count). The summed E-state index contributed by atoms with van der Waals surface area (Å²) in [5.74, 6) is -0.298. The number of hydrogen-bond acceptors (Lipinski definition) is 3. The van der Waals surface area contributed by atoms with Gasteiger partial charge in [-0.2, -0.15) is 0 Å². The highest BCUT2D eigenvalue weighted by molar-refractivity contribution is 5.85. The quantitative estimate of drug-likeness (QED) is 0.882. The molecule has 1 atom stereocenters. The number of fused-ring (bicyclic) bond motifs is 1. The van der Waals surface area contributed by atoms with Crippen LogP contribution >= 0.6 is 12.4 Å². The molecule has 2 N–H and O–H groups in total. The Morgan fingerprint density at radius 1 is 1.15 bits per heavy atom. The molecule has 0 radical (unpaired) electrons. The molecule has 4 heteroatoms. The summed E-state index contributed by atoms with van der Waals surface area (Å²) in [4.78, 5) is 11.8. The summed E-state index contributed by atoms with van der Waals surface area (Å²) in [5.41, 5.74) is 6.43. The lowest BCUT2D eigenvalue weighted by Crippen LogP contribution is -2.37. The van der Waals surface area contributed by atoms with Crippen LogP contribution < -0.4 is 5.73 Å². The van der Waals surface area contributed by atoms with E-state index in [0.29, 0.717) is 0 Å². The zero-order valence-corrected chi connectivity index (χ0v) is 12.7. The second-order valence-electron chi connectivity index (χ2n) is 5.30. The van der Waals surface area contributed by atoms with Crippen LogP contribution in [0.3, 0.4) is 0 Å². The number of rotatable bonds is 3. The minimum Gasteiger partial charge on any atom is -0.469 e. The van der Waals surface area contributed by atoms with E-state index in [2.05, 4.69) is 6.07 Å². The minimum absolute atomic E-state index is 0. The topological polar surface area (TPSA) is 52.3 Å². The van der Waals surface area contributed by atoms with Gasteiger partial charge < -0.3 is 10.5 Å². The van der Waals surface area contributed by atoms with Gasteiger partial charge in [-0.05, 0) is 36.2 Å². The molecule has 20 heavy (non-hydrogen) atoms. The molecule has 0 aliphatic rings. The Balaban J connectivity index is 0.00000200. The molecule has 3 nitrogen and oxygen atoms in total. The minimum atomic E-state index is -0.753. The standard InChI is InChI=1S/C16H19NO2.ClH/c1-16(2,15(18)19-3)14(17)13-9-8-11-6-4-5-7-12(11)10-13;/h4-10,14H,17H2,1-3H3;1H/t14-;/m1./s1. The normalized spacial score (nSPS) is 12.6. The molecule has 2 aromatic rings. The predicted molar refractivity (Wildman–Crippen MR) is 83.9 cm³/mol. The van der Waals surface area contributed by atoms with Crippen LogP contribution in [0.25, 0.3) is 10.8 Å². The van der Waals surface area contributed by atoms with Gasteiger partial charge in [-0.3, -0.25) is 4.79 Å². The molecular formula is C16H20ClNO2. The molecule has 0 aliphatic carbocycles. The highest BCUT2D eigenvalue weighted by Gasteiger charge is 2.36. The van der Waals surface area contributed by atoms with Gasteiger partial charge >= 0.3 is 5.97 Å². The van der Waals surface area contributed by atoms with Crippen molar-refractivity contribution >= 4 is 29.1 Å². The molecule has 0 saturated heterocycles. The maximum Gasteiger partial charge on any atom is 0.313 e. The first kappa shape index (κ1) is 16.5. The van der Waals surface area contributed by atoms with Crippen LogP contribution in [0.15, 0.2) is 42.5 Å². The van der Waals surface area contributed by atoms with E-state index in [9.17, 15) is 4.79 Å². The largest absolute Gasteiger partial charge is 0.469 e. The molecule has 0 unspecified atom stereocenters. The van der Waals surface area contributed by atoms with Gasteiger partial charge in [-0.1, -0.05) is 36.4 Å². The van der Waals surface area contributed by atoms with Crippen molar-refractivity contribution in [2.75, 3.05) is 7.11 Å². The number of benzene rings is 2. The van der Waals surface area contributed by atoms with E-state index in [1.807, 2.05) is 36.4 Å². The lowest BCUT2D eigenvalue weighted by atomic mass is 9.80. The Morgan fingerprint density at radius 2 is 1.75 bits per heavy atom. The zero-order valence-electron chi connectivity index (χ0n) is 11.9. The van der Waals surface area contributed by atoms with E-state index in [1.165, 1.54) is 7.11 Å². The number of esters is 1. The number of methoxy groups -OCH3 is 1. The molecule has 0 aliphatic heterocycles. The van der Waals surface area contributed by atoms with Crippen LogP contribution in [0.5, 0.6) is 0 Å². The van der Waals surface area contributed by atoms with E-state index in [-0.39, 0.29) is 18.4 Å². The summed E-state index contributed by atoms with van der Waals surface area (Å²) in [7, 11) is 1.39. The van der Waals surface area contributed by atoms with Crippen LogP contribution in [0.4, 0.5) is 0 Å². The SMILES string of the molecule is COC(=O)C(C)(C)[C@H](N)c1ccc2ccccc2c1.Cl. The Morgan fingerprint density at radius 3 is 2.35 bits per heavy atom. The van der Waals surface area contributed by atoms with Crippen LogP contribution in [0, 0.1) is 5.41 Å². The number of carbonyl (C=O) groups excluding carboxylic acids is 1. The Hall–Kier alpha value is -1.58. The van der Waals surface area contributed by atoms with E-state index >= 15 is 0 Å². The Bertz CT molecular complexity index is 610. The van der Waals surface area contributed by atoms with Crippen molar-refractivity contribution in [3.63, 3.8) is 0 Å². The first-order valence-electron chi connectivity index (χ1n) is 6.29. The molecular weight excluding hydrogens is 274 g/mol. The lowest BCUT2D eigenvalue weighted by Gasteiger charge is -2.29. The molecule has 0 fully saturated rings. The first-order valence-corrected chi connectivity index (χ1v) is 6.29. The number of halogens is 1. The number of ether oxygens (including phenoxy) is 1. The third-order valence-corrected chi connectivity index (χ3v) is 3.62. The smallest absolute Gasteiger partial charge is 0.313 e. The second-order valence-corrected chi connectivity index (χ2v) is 5.30. The molecule has 2 aromatic carbocycles. The van der Waals surface area contributed by atoms with Gasteiger partial charge in [0.25, 0.3) is 0 Å². The number of nitrogens with two attached hydrogens (primary N) is 1. The van der Waals surface area contributed by atoms with Crippen molar-refractivity contribution in [2.24, 2.45) is 11.1 Å². The summed E-state index contributed by atoms with van der Waals surface area (Å²) in [5, 5.41) is 2.28. The van der Waals surface area contributed by atoms with E-state index < -0.39 is 11.5 Å². The molecule has 0 amide bonds. The number of hydrogen-bond donors (Lipinski definition) is 1. The van der Waals surface area contributed by atoms with Crippen molar-refractivity contribution in [3.8, 4) is 0 Å². The molecule has 0 saturated carbocycles. The highest BCUT2D eigenvalue weighted by Crippen LogP contribution is 2.33. The van der Waals surface area contributed by atoms with Crippen molar-refractivity contribution in [1.29, 1.82) is 0 Å². The van der Waals surface area contributed by atoms with Gasteiger partial charge in [0.15, 0.2) is 0 Å². The van der Waals surface area contributed by atoms with E-state index in [1.54, 1.807) is 13.8 Å². The predicted octanol–water partition coefficient (Wildman–Crippen LogP) is 3.46. The highest BCUT2D eigenvalue weighted by atomic mass is 35.5. The Kier molecular flexibility index (Phi) is 5.15. The lowest BCUT2D eigenvalue weighted by molar-refractivity contribution is -0.152. The maximum absolute atomic E-state index is 11.8. The summed E-state index contributed by atoms with van der Waals surface area (Å²) in [6, 6.07) is 13.7. The van der Waals surface area contributed by atoms with Gasteiger partial charge in [0.1, 0.15) is 0 Å². The fourth-order valence-electron chi connectivity index (χ4n) is 2.21. The molecule has 0 bridgehead atoms. The monoisotopic (exact) mass is 293 g/mol. The Labute approximate surface area is 125 Å². The van der Waals surface area contributed by atoms with Crippen LogP contribution in [-0.4, -0.2) is 13.1 Å². The van der Waals surface area contributed by atoms with Crippen LogP contribution in [0.2, 0.25) is 0 Å². The average Bonchev–Trinajstić information content (AvgIpc) is 2.44. The third-order valence-electron chi connectivity index (χ3n) is 3.62. The van der Waals surface area contributed by atoms with Crippen LogP contribution in [0.1, 0.15) is 25.5 Å². The van der Waals surface area contributed by atoms with Crippen molar-refractivity contribution < 1.29 is 9.53 Å². The maximum atomic E-state index is 11.8. The molecule has 108 valence electrons. The van der Waals surface area contributed by atoms with Crippen molar-refractivity contribution in [3.05, 3.63) is 48.0 Å². The number of carbonyl (C=O) groups is 1. The van der Waals surface area contributed by atoms with Gasteiger partial charge in [-0.15, -0.1) is 12.4 Å². The second kappa shape index (κ2) is 6.25. The average molecular weight is 294 g/mol. The summed E-state index contributed by atoms with van der Waals surface area (Å²) in [6.45, 7) is 3.61. The third kappa shape index (κ3) is 2.94. The fraction of sp³-hybridized carbons (Fsp3) is 0.312. The first-order chi connectivity index (χ1) is 8.96. The molecule has 0 spiro atoms. The molecule has 0 heterocycles. The van der Waals surface area contributed by atoms with Gasteiger partial charge in [0.05, 0.1) is 12.5 Å². The summed E-state index contributed by atoms with van der Waals surface area (Å²) in [6.07, 6.45) is 0. The van der Waals surface area contributed by atoms with Crippen LogP contribution in [-0.2, 0) is 9.53 Å². The van der Waals surface area contributed by atoms with Gasteiger partial charge in [0.2, 0.25) is 0 Å². The van der Waals surface area contributed by atoms with Gasteiger partial charge in [-0.25, -0.2) is 0 Å². The summed E-state index contributed by atoms with van der Waals surface area (Å²) >= 11 is 0. The van der Waals surface area contributed by atoms with Crippen molar-refractivity contribution in [1.82, 2.24) is 0 Å². The zero-order chi connectivity index (χ0) is 14.0. The van der Waals surface area contributed by atoms with E-state index in [0.717, 1.165) is 16.3 Å². The summed E-state index contributed by atoms with van der Waals surface area (Å²) < 4.78 is 4.83. The fourth-order valence-corrected chi connectivity index (χ4v) is 2.21. The van der Waals surface area contributed by atoms with Crippen molar-refractivity contribution in [2.45, 2.75) is 19.9 Å². The molecule has 0 aromatic heterocycles. The van der Waals surface area contributed by atoms with E-state index in [4.69, 9.17) is 10.5 Å². The van der Waals surface area contributed by atoms with Gasteiger partial charge in [0, 0.05) is 6.04 Å².